The molecule has 10 nitrogen and oxygen atoms in total. The smallest absolute Gasteiger partial charge is 0.249 e. The highest BCUT2D eigenvalue weighted by molar-refractivity contribution is 5.71. The van der Waals surface area contributed by atoms with E-state index in [-0.39, 0.29) is 41.3 Å². The minimum absolute atomic E-state index is 0.00692. The zero-order valence-corrected chi connectivity index (χ0v) is 23.2. The first-order valence-electron chi connectivity index (χ1n) is 13.8. The maximum absolute atomic E-state index is 15.0. The van der Waals surface area contributed by atoms with E-state index in [2.05, 4.69) is 25.4 Å². The highest BCUT2D eigenvalue weighted by atomic mass is 19.3. The van der Waals surface area contributed by atoms with Crippen molar-refractivity contribution in [2.45, 2.75) is 31.3 Å². The van der Waals surface area contributed by atoms with Gasteiger partial charge in [0, 0.05) is 86.2 Å². The molecule has 0 amide bonds. The number of hydrogen-bond acceptors (Lipinski definition) is 9. The van der Waals surface area contributed by atoms with E-state index in [4.69, 9.17) is 15.2 Å². The number of ether oxygens (including phenoxy) is 2. The number of alkyl halides is 2. The normalized spacial score (nSPS) is 19.8. The van der Waals surface area contributed by atoms with Gasteiger partial charge in [-0.25, -0.2) is 32.2 Å². The maximum Gasteiger partial charge on any atom is 0.249 e. The monoisotopic (exact) mass is 596 g/mol. The quantitative estimate of drug-likeness (QED) is 0.273. The summed E-state index contributed by atoms with van der Waals surface area (Å²) in [6.45, 7) is 2.03. The number of nitrogens with zero attached hydrogens (tertiary/aromatic N) is 6. The molecule has 2 saturated heterocycles. The molecule has 3 N–H and O–H groups in total. The average molecular weight is 597 g/mol. The zero-order valence-electron chi connectivity index (χ0n) is 23.2. The van der Waals surface area contributed by atoms with Crippen LogP contribution in [-0.2, 0) is 11.8 Å². The lowest BCUT2D eigenvalue weighted by molar-refractivity contribution is -0.170. The Morgan fingerprint density at radius 2 is 1.91 bits per heavy atom. The van der Waals surface area contributed by atoms with Gasteiger partial charge in [-0.05, 0) is 30.3 Å². The fraction of sp³-hybridized carbons (Fsp3) is 0.379. The molecule has 1 unspecified atom stereocenters. The van der Waals surface area contributed by atoms with Gasteiger partial charge in [-0.3, -0.25) is 0 Å². The molecule has 0 radical (unpaired) electrons. The van der Waals surface area contributed by atoms with Gasteiger partial charge in [0.2, 0.25) is 11.9 Å². The molecule has 3 aliphatic rings. The summed E-state index contributed by atoms with van der Waals surface area (Å²) in [5, 5.41) is 7.52. The van der Waals surface area contributed by atoms with Crippen molar-refractivity contribution in [1.29, 1.82) is 0 Å². The number of nitrogen functional groups attached to an aromatic ring is 1. The van der Waals surface area contributed by atoms with Crippen molar-refractivity contribution in [1.82, 2.24) is 24.7 Å². The third-order valence-corrected chi connectivity index (χ3v) is 8.12. The third-order valence-electron chi connectivity index (χ3n) is 8.12. The molecule has 43 heavy (non-hydrogen) atoms. The summed E-state index contributed by atoms with van der Waals surface area (Å²) in [5.41, 5.74) is 6.17. The minimum Gasteiger partial charge on any atom is -0.487 e. The molecule has 3 fully saturated rings. The highest BCUT2D eigenvalue weighted by Crippen LogP contribution is 2.57. The van der Waals surface area contributed by atoms with Gasteiger partial charge in [-0.15, -0.1) is 5.10 Å². The van der Waals surface area contributed by atoms with Crippen LogP contribution >= 0.6 is 0 Å². The molecule has 2 aliphatic heterocycles. The Morgan fingerprint density at radius 3 is 2.60 bits per heavy atom. The minimum atomic E-state index is -2.58. The van der Waals surface area contributed by atoms with Crippen molar-refractivity contribution in [2.24, 2.45) is 12.5 Å². The molecular formula is C29H28F4N8O2. The second-order valence-corrected chi connectivity index (χ2v) is 11.5. The Morgan fingerprint density at radius 1 is 1.12 bits per heavy atom. The zero-order chi connectivity index (χ0) is 29.9. The van der Waals surface area contributed by atoms with Crippen molar-refractivity contribution >= 4 is 23.3 Å². The van der Waals surface area contributed by atoms with Crippen LogP contribution in [0.4, 0.5) is 40.8 Å². The number of rotatable bonds is 8. The summed E-state index contributed by atoms with van der Waals surface area (Å²) in [6.07, 6.45) is 3.62. The summed E-state index contributed by atoms with van der Waals surface area (Å²) >= 11 is 0. The third kappa shape index (κ3) is 5.09. The number of aryl methyl sites for hydroxylation is 1. The van der Waals surface area contributed by atoms with E-state index >= 15 is 0 Å². The number of benzene rings is 1. The predicted octanol–water partition coefficient (Wildman–Crippen LogP) is 4.95. The standard InChI is InChI=1S/C29H28F4N8O2/c1-40-27(37-17-2-3-19(21(30)9-17)20-4-6-35-24(34)23(20)31)38-25(39-40)16-8-22(43-11-18-5-7-42-18)26(36-10-16)41-14-28(15-41)12-29(32,33)13-28/h2-4,6,8-10,18H,5,7,11-15H2,1H3,(H2,34,35)(H,37,38,39). The van der Waals surface area contributed by atoms with Crippen LogP contribution in [0.3, 0.4) is 0 Å². The van der Waals surface area contributed by atoms with Crippen LogP contribution in [0.1, 0.15) is 19.3 Å². The molecule has 14 heteroatoms. The Bertz CT molecular complexity index is 1690. The lowest BCUT2D eigenvalue weighted by atomic mass is 9.61. The number of hydrogen-bond donors (Lipinski definition) is 2. The molecule has 4 aromatic rings. The highest BCUT2D eigenvalue weighted by Gasteiger charge is 2.62. The molecule has 5 heterocycles. The number of nitrogens with two attached hydrogens (primary N) is 1. The summed E-state index contributed by atoms with van der Waals surface area (Å²) in [4.78, 5) is 14.8. The number of halogens is 4. The van der Waals surface area contributed by atoms with Gasteiger partial charge < -0.3 is 25.4 Å². The maximum atomic E-state index is 15.0. The van der Waals surface area contributed by atoms with E-state index in [1.807, 2.05) is 4.90 Å². The number of nitrogens with one attached hydrogen (secondary N) is 1. The fourth-order valence-electron chi connectivity index (χ4n) is 5.91. The van der Waals surface area contributed by atoms with E-state index in [9.17, 15) is 17.6 Å². The summed E-state index contributed by atoms with van der Waals surface area (Å²) in [6, 6.07) is 7.39. The van der Waals surface area contributed by atoms with Crippen LogP contribution in [0.15, 0.2) is 42.7 Å². The first-order chi connectivity index (χ1) is 20.6. The van der Waals surface area contributed by atoms with E-state index in [1.54, 1.807) is 25.4 Å². The van der Waals surface area contributed by atoms with Gasteiger partial charge >= 0.3 is 0 Å². The molecule has 224 valence electrons. The summed E-state index contributed by atoms with van der Waals surface area (Å²) in [7, 11) is 1.68. The van der Waals surface area contributed by atoms with E-state index in [0.29, 0.717) is 60.9 Å². The average Bonchev–Trinajstić information content (AvgIpc) is 3.26. The van der Waals surface area contributed by atoms with E-state index in [1.165, 1.54) is 29.1 Å². The molecule has 1 aliphatic carbocycles. The Balaban J connectivity index is 1.11. The molecular weight excluding hydrogens is 568 g/mol. The van der Waals surface area contributed by atoms with Crippen LogP contribution in [0.25, 0.3) is 22.5 Å². The van der Waals surface area contributed by atoms with Crippen LogP contribution in [0.2, 0.25) is 0 Å². The van der Waals surface area contributed by atoms with Gasteiger partial charge in [0.05, 0.1) is 6.10 Å². The van der Waals surface area contributed by atoms with Crippen molar-refractivity contribution in [3.8, 4) is 28.3 Å². The van der Waals surface area contributed by atoms with Crippen molar-refractivity contribution < 1.29 is 27.0 Å². The van der Waals surface area contributed by atoms with Crippen molar-refractivity contribution in [3.63, 3.8) is 0 Å². The van der Waals surface area contributed by atoms with Gasteiger partial charge in [0.25, 0.3) is 0 Å². The lowest BCUT2D eigenvalue weighted by Gasteiger charge is -2.59. The topological polar surface area (TPSA) is 116 Å². The van der Waals surface area contributed by atoms with Crippen LogP contribution in [0.5, 0.6) is 5.75 Å². The van der Waals surface area contributed by atoms with Crippen LogP contribution < -0.4 is 20.7 Å². The number of anilines is 4. The molecule has 0 bridgehead atoms. The van der Waals surface area contributed by atoms with Crippen molar-refractivity contribution in [3.05, 3.63) is 54.4 Å². The fourth-order valence-corrected chi connectivity index (χ4v) is 5.91. The van der Waals surface area contributed by atoms with Gasteiger partial charge in [0.15, 0.2) is 29.0 Å². The SMILES string of the molecule is Cn1nc(-c2cnc(N3CC4(C3)CC(F)(F)C4)c(OCC3CCO3)c2)nc1Nc1ccc(-c2ccnc(N)c2F)c(F)c1. The Kier molecular flexibility index (Phi) is 6.41. The summed E-state index contributed by atoms with van der Waals surface area (Å²) in [5.74, 6) is -2.59. The van der Waals surface area contributed by atoms with Crippen molar-refractivity contribution in [2.75, 3.05) is 42.3 Å². The Hall–Kier alpha value is -4.46. The second kappa shape index (κ2) is 10.1. The second-order valence-electron chi connectivity index (χ2n) is 11.5. The van der Waals surface area contributed by atoms with Gasteiger partial charge in [0.1, 0.15) is 12.4 Å². The van der Waals surface area contributed by atoms with E-state index in [0.717, 1.165) is 6.42 Å². The lowest BCUT2D eigenvalue weighted by Crippen LogP contribution is -2.66. The molecule has 7 rings (SSSR count). The summed E-state index contributed by atoms with van der Waals surface area (Å²) < 4.78 is 69.5. The van der Waals surface area contributed by atoms with Crippen LogP contribution in [0, 0.1) is 17.0 Å². The first kappa shape index (κ1) is 27.4. The first-order valence-corrected chi connectivity index (χ1v) is 13.8. The molecule has 3 aromatic heterocycles. The Labute approximate surface area is 243 Å². The molecule has 1 aromatic carbocycles. The largest absolute Gasteiger partial charge is 0.487 e. The molecule has 1 atom stereocenters. The van der Waals surface area contributed by atoms with Gasteiger partial charge in [-0.1, -0.05) is 0 Å². The number of aromatic nitrogens is 5. The van der Waals surface area contributed by atoms with E-state index < -0.39 is 17.6 Å². The predicted molar refractivity (Wildman–Crippen MR) is 150 cm³/mol. The van der Waals surface area contributed by atoms with Gasteiger partial charge in [-0.2, -0.15) is 4.98 Å². The molecule has 1 spiro atoms. The van der Waals surface area contributed by atoms with Crippen LogP contribution in [-0.4, -0.2) is 63.1 Å². The number of pyridine rings is 2. The molecule has 1 saturated carbocycles.